The lowest BCUT2D eigenvalue weighted by Gasteiger charge is -2.12. The third-order valence-corrected chi connectivity index (χ3v) is 7.98. The molecular formula is C31H28Cl2N6OS. The first-order valence-electron chi connectivity index (χ1n) is 12.8. The van der Waals surface area contributed by atoms with Crippen LogP contribution < -0.4 is 11.1 Å². The second kappa shape index (κ2) is 13.2. The number of nitrogens with zero attached hydrogens (tertiary/aromatic N) is 4. The number of halogens is 2. The Balaban J connectivity index is 0.00000387. The lowest BCUT2D eigenvalue weighted by atomic mass is 9.99. The molecule has 5 rings (SSSR count). The van der Waals surface area contributed by atoms with Gasteiger partial charge in [0.1, 0.15) is 16.9 Å². The molecule has 3 heterocycles. The van der Waals surface area contributed by atoms with E-state index in [0.717, 1.165) is 44.4 Å². The highest BCUT2D eigenvalue weighted by Gasteiger charge is 2.32. The van der Waals surface area contributed by atoms with Crippen LogP contribution in [0.3, 0.4) is 0 Å². The van der Waals surface area contributed by atoms with Gasteiger partial charge in [-0.15, -0.1) is 33.9 Å². The van der Waals surface area contributed by atoms with Gasteiger partial charge in [0.25, 0.3) is 0 Å². The van der Waals surface area contributed by atoms with E-state index in [1.165, 1.54) is 4.88 Å². The number of hydrogen-bond donors (Lipinski definition) is 2. The van der Waals surface area contributed by atoms with E-state index in [-0.39, 0.29) is 31.3 Å². The van der Waals surface area contributed by atoms with E-state index in [0.29, 0.717) is 17.4 Å². The minimum atomic E-state index is -0.531. The third kappa shape index (κ3) is 6.53. The fraction of sp³-hybridized carbons (Fsp3) is 0.226. The van der Waals surface area contributed by atoms with Crippen LogP contribution in [-0.2, 0) is 4.79 Å². The van der Waals surface area contributed by atoms with Gasteiger partial charge in [0, 0.05) is 32.2 Å². The molecule has 4 aromatic rings. The lowest BCUT2D eigenvalue weighted by molar-refractivity contribution is -0.121. The normalized spacial score (nSPS) is 13.2. The summed E-state index contributed by atoms with van der Waals surface area (Å²) in [4.78, 5) is 19.4. The molecule has 10 heteroatoms. The van der Waals surface area contributed by atoms with Crippen molar-refractivity contribution in [3.8, 4) is 28.7 Å². The van der Waals surface area contributed by atoms with Crippen molar-refractivity contribution in [2.24, 2.45) is 10.7 Å². The number of aromatic nitrogens is 3. The number of benzene rings is 2. The van der Waals surface area contributed by atoms with Crippen LogP contribution in [0.4, 0.5) is 0 Å². The summed E-state index contributed by atoms with van der Waals surface area (Å²) in [5.74, 6) is 13.1. The van der Waals surface area contributed by atoms with Crippen molar-refractivity contribution in [2.45, 2.75) is 33.2 Å². The quantitative estimate of drug-likeness (QED) is 0.318. The Morgan fingerprint density at radius 2 is 1.78 bits per heavy atom. The third-order valence-electron chi connectivity index (χ3n) is 6.54. The maximum Gasteiger partial charge on any atom is 0.223 e. The van der Waals surface area contributed by atoms with Crippen molar-refractivity contribution in [1.82, 2.24) is 20.1 Å². The van der Waals surface area contributed by atoms with Crippen molar-refractivity contribution in [1.29, 1.82) is 0 Å². The molecule has 208 valence electrons. The predicted molar refractivity (Wildman–Crippen MR) is 167 cm³/mol. The summed E-state index contributed by atoms with van der Waals surface area (Å²) in [7, 11) is 0. The van der Waals surface area contributed by atoms with E-state index in [9.17, 15) is 4.79 Å². The Kier molecular flexibility index (Phi) is 9.65. The van der Waals surface area contributed by atoms with Crippen LogP contribution in [0.15, 0.2) is 53.5 Å². The first kappa shape index (κ1) is 30.0. The molecule has 0 radical (unpaired) electrons. The van der Waals surface area contributed by atoms with E-state index in [2.05, 4.69) is 53.0 Å². The lowest BCUT2D eigenvalue weighted by Crippen LogP contribution is -2.25. The zero-order chi connectivity index (χ0) is 28.2. The molecule has 1 unspecified atom stereocenters. The maximum absolute atomic E-state index is 13.1. The smallest absolute Gasteiger partial charge is 0.223 e. The fourth-order valence-electron chi connectivity index (χ4n) is 4.50. The van der Waals surface area contributed by atoms with Crippen molar-refractivity contribution in [3.63, 3.8) is 0 Å². The molecule has 0 spiro atoms. The molecule has 1 atom stereocenters. The average Bonchev–Trinajstić information content (AvgIpc) is 3.42. The highest BCUT2D eigenvalue weighted by Crippen LogP contribution is 2.39. The molecule has 2 aromatic heterocycles. The largest absolute Gasteiger partial charge is 0.345 e. The van der Waals surface area contributed by atoms with E-state index < -0.39 is 6.04 Å². The van der Waals surface area contributed by atoms with Crippen LogP contribution in [0.5, 0.6) is 0 Å². The molecule has 3 N–H and O–H groups in total. The van der Waals surface area contributed by atoms with Crippen molar-refractivity contribution < 1.29 is 4.79 Å². The van der Waals surface area contributed by atoms with Gasteiger partial charge in [-0.05, 0) is 56.7 Å². The van der Waals surface area contributed by atoms with Gasteiger partial charge < -0.3 is 11.1 Å². The van der Waals surface area contributed by atoms with Gasteiger partial charge in [-0.25, -0.2) is 0 Å². The summed E-state index contributed by atoms with van der Waals surface area (Å²) >= 11 is 7.86. The van der Waals surface area contributed by atoms with Gasteiger partial charge in [-0.2, -0.15) is 0 Å². The van der Waals surface area contributed by atoms with Gasteiger partial charge in [0.15, 0.2) is 5.82 Å². The molecule has 0 aliphatic carbocycles. The van der Waals surface area contributed by atoms with Crippen LogP contribution >= 0.6 is 35.3 Å². The topological polar surface area (TPSA) is 98.2 Å². The predicted octanol–water partition coefficient (Wildman–Crippen LogP) is 5.09. The van der Waals surface area contributed by atoms with Crippen LogP contribution in [0.25, 0.3) is 5.00 Å². The van der Waals surface area contributed by atoms with Gasteiger partial charge in [0.05, 0.1) is 25.2 Å². The van der Waals surface area contributed by atoms with Gasteiger partial charge in [0.2, 0.25) is 5.91 Å². The van der Waals surface area contributed by atoms with Crippen molar-refractivity contribution in [2.75, 3.05) is 13.1 Å². The van der Waals surface area contributed by atoms with Crippen LogP contribution in [0.1, 0.15) is 56.8 Å². The zero-order valence-electron chi connectivity index (χ0n) is 22.8. The molecule has 7 nitrogen and oxygen atoms in total. The Bertz CT molecular complexity index is 1750. The first-order chi connectivity index (χ1) is 19.4. The Labute approximate surface area is 254 Å². The highest BCUT2D eigenvalue weighted by atomic mass is 35.5. The van der Waals surface area contributed by atoms with Gasteiger partial charge in [-0.1, -0.05) is 53.5 Å². The number of fused-ring (bicyclic) bond motifs is 3. The van der Waals surface area contributed by atoms with Crippen molar-refractivity contribution >= 4 is 47.0 Å². The van der Waals surface area contributed by atoms with Crippen LogP contribution in [0, 0.1) is 44.5 Å². The first-order valence-corrected chi connectivity index (χ1v) is 14.0. The number of rotatable bonds is 4. The minimum absolute atomic E-state index is 0. The molecule has 1 amide bonds. The van der Waals surface area contributed by atoms with E-state index in [4.69, 9.17) is 22.3 Å². The number of hydrogen-bond acceptors (Lipinski definition) is 6. The molecule has 1 aliphatic rings. The van der Waals surface area contributed by atoms with E-state index in [1.807, 2.05) is 60.0 Å². The summed E-state index contributed by atoms with van der Waals surface area (Å²) in [6.45, 7) is 6.62. The number of carbonyl (C=O) groups excluding carboxylic acids is 1. The van der Waals surface area contributed by atoms with Gasteiger partial charge in [-0.3, -0.25) is 14.4 Å². The SMILES string of the molecule is Cc1sc2c(c1C)C(c1ccc(Cl)cc1)=NC(CC(=O)NCC#Cc1cccc(C#CCN)c1)c1nnc(C)n1-2.Cl. The number of nitrogens with two attached hydrogens (primary N) is 1. The number of aliphatic imine (C=N–C) groups is 1. The van der Waals surface area contributed by atoms with Crippen LogP contribution in [0.2, 0.25) is 5.02 Å². The second-order valence-corrected chi connectivity index (χ2v) is 10.9. The second-order valence-electron chi connectivity index (χ2n) is 9.27. The minimum Gasteiger partial charge on any atom is -0.345 e. The molecule has 1 aliphatic heterocycles. The molecule has 0 saturated carbocycles. The summed E-state index contributed by atoms with van der Waals surface area (Å²) in [5.41, 5.74) is 11.0. The number of amides is 1. The maximum atomic E-state index is 13.1. The number of carbonyl (C=O) groups is 1. The summed E-state index contributed by atoms with van der Waals surface area (Å²) in [6.07, 6.45) is 0.105. The Hall–Kier alpha value is -3.92. The summed E-state index contributed by atoms with van der Waals surface area (Å²) < 4.78 is 2.03. The average molecular weight is 604 g/mol. The number of thiophene rings is 1. The van der Waals surface area contributed by atoms with Crippen molar-refractivity contribution in [3.05, 3.63) is 97.9 Å². The Morgan fingerprint density at radius 3 is 2.49 bits per heavy atom. The molecule has 0 saturated heterocycles. The summed E-state index contributed by atoms with van der Waals surface area (Å²) in [6, 6.07) is 14.7. The molecule has 0 fully saturated rings. The van der Waals surface area contributed by atoms with Gasteiger partial charge >= 0.3 is 0 Å². The standard InChI is InChI=1S/C31H27ClN6OS.ClH/c1-19-20(2)40-31-28(19)29(24-11-13-25(32)14-12-24)35-26(30-37-36-21(3)38(30)31)18-27(39)34-16-6-10-23-8-4-7-22(17-23)9-5-15-33;/h4,7-8,11-14,17,26H,15-16,18,33H2,1-3H3,(H,34,39);1H. The monoisotopic (exact) mass is 602 g/mol. The van der Waals surface area contributed by atoms with E-state index >= 15 is 0 Å². The number of aryl methyl sites for hydroxylation is 2. The summed E-state index contributed by atoms with van der Waals surface area (Å²) in [5, 5.41) is 13.4. The molecule has 0 bridgehead atoms. The fourth-order valence-corrected chi connectivity index (χ4v) is 5.84. The zero-order valence-corrected chi connectivity index (χ0v) is 25.2. The van der Waals surface area contributed by atoms with Crippen LogP contribution in [-0.4, -0.2) is 39.5 Å². The number of nitrogens with one attached hydrogen (secondary N) is 1. The Morgan fingerprint density at radius 1 is 1.07 bits per heavy atom. The highest BCUT2D eigenvalue weighted by molar-refractivity contribution is 7.15. The molecular weight excluding hydrogens is 575 g/mol. The molecule has 41 heavy (non-hydrogen) atoms. The molecule has 2 aromatic carbocycles. The van der Waals surface area contributed by atoms with E-state index in [1.54, 1.807) is 11.3 Å².